The van der Waals surface area contributed by atoms with Crippen molar-refractivity contribution in [3.63, 3.8) is 0 Å². The third-order valence-corrected chi connectivity index (χ3v) is 4.36. The van der Waals surface area contributed by atoms with Gasteiger partial charge in [-0.05, 0) is 30.7 Å². The molecule has 0 saturated heterocycles. The highest BCUT2D eigenvalue weighted by molar-refractivity contribution is 6.38. The van der Waals surface area contributed by atoms with Gasteiger partial charge in [0.15, 0.2) is 5.82 Å². The molecule has 2 aromatic heterocycles. The first-order chi connectivity index (χ1) is 11.7. The molecule has 0 aliphatic carbocycles. The van der Waals surface area contributed by atoms with E-state index < -0.39 is 0 Å². The van der Waals surface area contributed by atoms with Crippen LogP contribution in [0.1, 0.15) is 11.4 Å². The summed E-state index contributed by atoms with van der Waals surface area (Å²) >= 11 is 6.65. The molecule has 120 valence electrons. The number of hydrogen-bond donors (Lipinski definition) is 1. The molecule has 0 radical (unpaired) electrons. The zero-order chi connectivity index (χ0) is 16.7. The Balaban J connectivity index is 2.04. The van der Waals surface area contributed by atoms with Crippen molar-refractivity contribution in [1.82, 2.24) is 14.7 Å². The van der Waals surface area contributed by atoms with E-state index in [1.807, 2.05) is 53.1 Å². The molecule has 6 heteroatoms. The standard InChI is InChI=1S/C18H15ClN4O/c1-11-21-18(24-22-11)17-16(19)14-4-2-3-5-15(14)23(17)13-8-6-12(10-20)7-9-13/h2-9H,10,20H2,1H3. The molecule has 0 amide bonds. The van der Waals surface area contributed by atoms with E-state index in [4.69, 9.17) is 21.9 Å². The minimum Gasteiger partial charge on any atom is -0.332 e. The van der Waals surface area contributed by atoms with Crippen molar-refractivity contribution in [3.8, 4) is 17.3 Å². The Morgan fingerprint density at radius 2 is 1.88 bits per heavy atom. The Kier molecular flexibility index (Phi) is 3.59. The Bertz CT molecular complexity index is 1020. The molecular weight excluding hydrogens is 324 g/mol. The van der Waals surface area contributed by atoms with E-state index >= 15 is 0 Å². The highest BCUT2D eigenvalue weighted by Crippen LogP contribution is 2.38. The SMILES string of the molecule is Cc1noc(-c2c(Cl)c3ccccc3n2-c2ccc(CN)cc2)n1. The van der Waals surface area contributed by atoms with Gasteiger partial charge in [0.05, 0.1) is 10.5 Å². The lowest BCUT2D eigenvalue weighted by molar-refractivity contribution is 0.424. The van der Waals surface area contributed by atoms with E-state index in [0.717, 1.165) is 22.2 Å². The minimum atomic E-state index is 0.400. The predicted molar refractivity (Wildman–Crippen MR) is 94.2 cm³/mol. The maximum Gasteiger partial charge on any atom is 0.276 e. The molecule has 2 N–H and O–H groups in total. The fraction of sp³-hybridized carbons (Fsp3) is 0.111. The van der Waals surface area contributed by atoms with Crippen molar-refractivity contribution in [2.45, 2.75) is 13.5 Å². The lowest BCUT2D eigenvalue weighted by Gasteiger charge is -2.09. The van der Waals surface area contributed by atoms with E-state index in [1.54, 1.807) is 6.92 Å². The van der Waals surface area contributed by atoms with Gasteiger partial charge >= 0.3 is 0 Å². The summed E-state index contributed by atoms with van der Waals surface area (Å²) in [6.07, 6.45) is 0. The second kappa shape index (κ2) is 5.78. The van der Waals surface area contributed by atoms with Gasteiger partial charge < -0.3 is 14.8 Å². The maximum absolute atomic E-state index is 6.65. The first-order valence-electron chi connectivity index (χ1n) is 7.58. The molecule has 0 bridgehead atoms. The number of fused-ring (bicyclic) bond motifs is 1. The van der Waals surface area contributed by atoms with Crippen LogP contribution in [0.25, 0.3) is 28.2 Å². The predicted octanol–water partition coefficient (Wildman–Crippen LogP) is 4.10. The van der Waals surface area contributed by atoms with Crippen LogP contribution in [-0.4, -0.2) is 14.7 Å². The van der Waals surface area contributed by atoms with Crippen molar-refractivity contribution >= 4 is 22.5 Å². The molecule has 0 aliphatic rings. The Labute approximate surface area is 143 Å². The van der Waals surface area contributed by atoms with Crippen molar-refractivity contribution in [3.05, 3.63) is 64.9 Å². The quantitative estimate of drug-likeness (QED) is 0.610. The summed E-state index contributed by atoms with van der Waals surface area (Å²) < 4.78 is 7.41. The van der Waals surface area contributed by atoms with Crippen LogP contribution < -0.4 is 5.73 Å². The van der Waals surface area contributed by atoms with Crippen molar-refractivity contribution in [2.75, 3.05) is 0 Å². The highest BCUT2D eigenvalue weighted by atomic mass is 35.5. The smallest absolute Gasteiger partial charge is 0.276 e. The second-order valence-corrected chi connectivity index (χ2v) is 5.91. The van der Waals surface area contributed by atoms with Crippen LogP contribution in [0.5, 0.6) is 0 Å². The molecule has 0 aliphatic heterocycles. The molecule has 5 nitrogen and oxygen atoms in total. The summed E-state index contributed by atoms with van der Waals surface area (Å²) in [5, 5.41) is 5.42. The van der Waals surface area contributed by atoms with Gasteiger partial charge in [-0.1, -0.05) is 47.1 Å². The maximum atomic E-state index is 6.65. The van der Waals surface area contributed by atoms with Crippen LogP contribution in [-0.2, 0) is 6.54 Å². The molecule has 0 atom stereocenters. The van der Waals surface area contributed by atoms with Crippen molar-refractivity contribution < 1.29 is 4.52 Å². The summed E-state index contributed by atoms with van der Waals surface area (Å²) in [6, 6.07) is 16.0. The number of aryl methyl sites for hydroxylation is 1. The number of hydrogen-bond acceptors (Lipinski definition) is 4. The Morgan fingerprint density at radius 1 is 1.12 bits per heavy atom. The van der Waals surface area contributed by atoms with E-state index in [1.165, 1.54) is 0 Å². The number of halogens is 1. The lowest BCUT2D eigenvalue weighted by atomic mass is 10.2. The topological polar surface area (TPSA) is 69.9 Å². The van der Waals surface area contributed by atoms with Gasteiger partial charge in [0, 0.05) is 17.6 Å². The number of nitrogens with zero attached hydrogens (tertiary/aromatic N) is 3. The van der Waals surface area contributed by atoms with E-state index in [-0.39, 0.29) is 0 Å². The third-order valence-electron chi connectivity index (χ3n) is 3.97. The van der Waals surface area contributed by atoms with E-state index in [0.29, 0.717) is 29.0 Å². The van der Waals surface area contributed by atoms with Gasteiger partial charge in [0.25, 0.3) is 5.89 Å². The van der Waals surface area contributed by atoms with Crippen molar-refractivity contribution in [2.24, 2.45) is 5.73 Å². The molecule has 0 spiro atoms. The molecular formula is C18H15ClN4O. The van der Waals surface area contributed by atoms with Gasteiger partial charge in [-0.25, -0.2) is 0 Å². The number of rotatable bonds is 3. The second-order valence-electron chi connectivity index (χ2n) is 5.53. The average molecular weight is 339 g/mol. The van der Waals surface area contributed by atoms with Crippen LogP contribution in [0.4, 0.5) is 0 Å². The van der Waals surface area contributed by atoms with Crippen LogP contribution in [0.2, 0.25) is 5.02 Å². The van der Waals surface area contributed by atoms with Gasteiger partial charge in [-0.3, -0.25) is 0 Å². The molecule has 2 heterocycles. The van der Waals surface area contributed by atoms with Crippen LogP contribution in [0, 0.1) is 6.92 Å². The Hall–Kier alpha value is -2.63. The summed E-state index contributed by atoms with van der Waals surface area (Å²) in [7, 11) is 0. The summed E-state index contributed by atoms with van der Waals surface area (Å²) in [5.74, 6) is 0.966. The average Bonchev–Trinajstić information content (AvgIpc) is 3.17. The van der Waals surface area contributed by atoms with E-state index in [9.17, 15) is 0 Å². The zero-order valence-corrected chi connectivity index (χ0v) is 13.8. The summed E-state index contributed by atoms with van der Waals surface area (Å²) in [5.41, 5.74) is 9.40. The summed E-state index contributed by atoms with van der Waals surface area (Å²) in [6.45, 7) is 2.28. The minimum absolute atomic E-state index is 0.400. The monoisotopic (exact) mass is 338 g/mol. The van der Waals surface area contributed by atoms with Crippen molar-refractivity contribution in [1.29, 1.82) is 0 Å². The summed E-state index contributed by atoms with van der Waals surface area (Å²) in [4.78, 5) is 4.35. The number of benzene rings is 2. The third kappa shape index (κ3) is 2.29. The molecule has 4 aromatic rings. The van der Waals surface area contributed by atoms with Crippen LogP contribution in [0.3, 0.4) is 0 Å². The molecule has 24 heavy (non-hydrogen) atoms. The number of para-hydroxylation sites is 1. The van der Waals surface area contributed by atoms with Gasteiger partial charge in [0.1, 0.15) is 5.69 Å². The number of nitrogens with two attached hydrogens (primary N) is 1. The van der Waals surface area contributed by atoms with Gasteiger partial charge in [-0.2, -0.15) is 4.98 Å². The molecule has 0 fully saturated rings. The Morgan fingerprint density at radius 3 is 2.54 bits per heavy atom. The largest absolute Gasteiger partial charge is 0.332 e. The van der Waals surface area contributed by atoms with Crippen LogP contribution in [0.15, 0.2) is 53.1 Å². The first-order valence-corrected chi connectivity index (χ1v) is 7.96. The normalized spacial score (nSPS) is 11.3. The molecule has 4 rings (SSSR count). The zero-order valence-electron chi connectivity index (χ0n) is 13.0. The van der Waals surface area contributed by atoms with Gasteiger partial charge in [0.2, 0.25) is 0 Å². The fourth-order valence-electron chi connectivity index (χ4n) is 2.83. The number of aromatic nitrogens is 3. The van der Waals surface area contributed by atoms with E-state index in [2.05, 4.69) is 10.1 Å². The van der Waals surface area contributed by atoms with Crippen LogP contribution >= 0.6 is 11.6 Å². The highest BCUT2D eigenvalue weighted by Gasteiger charge is 2.22. The molecule has 0 saturated carbocycles. The molecule has 0 unspecified atom stereocenters. The fourth-order valence-corrected chi connectivity index (χ4v) is 3.16. The first kappa shape index (κ1) is 14.9. The molecule has 2 aromatic carbocycles. The lowest BCUT2D eigenvalue weighted by Crippen LogP contribution is -2.00. The van der Waals surface area contributed by atoms with Gasteiger partial charge in [-0.15, -0.1) is 0 Å².